The number of fused-ring (bicyclic) bond motifs is 1. The maximum atomic E-state index is 13.3. The Morgan fingerprint density at radius 3 is 2.64 bits per heavy atom. The van der Waals surface area contributed by atoms with Crippen LogP contribution in [0.1, 0.15) is 16.7 Å². The van der Waals surface area contributed by atoms with Gasteiger partial charge in [0.25, 0.3) is 10.0 Å². The molecule has 0 aromatic heterocycles. The van der Waals surface area contributed by atoms with Crippen molar-refractivity contribution in [1.82, 2.24) is 0 Å². The van der Waals surface area contributed by atoms with Gasteiger partial charge in [0.2, 0.25) is 0 Å². The van der Waals surface area contributed by atoms with Crippen LogP contribution in [0.2, 0.25) is 0 Å². The quantitative estimate of drug-likeness (QED) is 0.884. The highest BCUT2D eigenvalue weighted by Crippen LogP contribution is 2.39. The molecule has 132 valence electrons. The minimum atomic E-state index is -4.04. The molecule has 0 radical (unpaired) electrons. The third-order valence-corrected chi connectivity index (χ3v) is 6.32. The molecule has 0 saturated heterocycles. The van der Waals surface area contributed by atoms with E-state index < -0.39 is 22.0 Å². The second kappa shape index (κ2) is 6.50. The number of carboxylic acids is 1. The molecule has 1 aliphatic heterocycles. The van der Waals surface area contributed by atoms with Crippen LogP contribution < -0.4 is 4.31 Å². The van der Waals surface area contributed by atoms with Gasteiger partial charge in [-0.2, -0.15) is 0 Å². The minimum Gasteiger partial charge on any atom is -0.480 e. The first kappa shape index (κ1) is 17.4. The number of aliphatic carboxylic acids is 1. The molecular weight excluding hydrogens is 342 g/mol. The lowest BCUT2D eigenvalue weighted by molar-refractivity contribution is -0.138. The summed E-state index contributed by atoms with van der Waals surface area (Å²) in [7, 11) is -2.56. The largest absolute Gasteiger partial charge is 0.480 e. The zero-order valence-corrected chi connectivity index (χ0v) is 14.8. The Labute approximate surface area is 146 Å². The van der Waals surface area contributed by atoms with Crippen molar-refractivity contribution in [2.75, 3.05) is 11.4 Å². The third-order valence-electron chi connectivity index (χ3n) is 4.40. The number of benzene rings is 2. The number of carboxylic acid groups (broad SMARTS) is 1. The highest BCUT2D eigenvalue weighted by atomic mass is 32.2. The van der Waals surface area contributed by atoms with Gasteiger partial charge in [0.1, 0.15) is 6.04 Å². The Morgan fingerprint density at radius 1 is 1.24 bits per heavy atom. The molecule has 2 aromatic rings. The maximum absolute atomic E-state index is 13.3. The molecule has 0 saturated carbocycles. The minimum absolute atomic E-state index is 0.0671. The van der Waals surface area contributed by atoms with Gasteiger partial charge in [0, 0.05) is 13.5 Å². The van der Waals surface area contributed by atoms with Gasteiger partial charge in [-0.1, -0.05) is 30.3 Å². The monoisotopic (exact) mass is 361 g/mol. The second-order valence-electron chi connectivity index (χ2n) is 5.97. The fourth-order valence-corrected chi connectivity index (χ4v) is 5.07. The van der Waals surface area contributed by atoms with Gasteiger partial charge in [0.15, 0.2) is 0 Å². The average Bonchev–Trinajstić information content (AvgIpc) is 2.97. The van der Waals surface area contributed by atoms with Crippen molar-refractivity contribution in [1.29, 1.82) is 0 Å². The van der Waals surface area contributed by atoms with Gasteiger partial charge >= 0.3 is 5.97 Å². The van der Waals surface area contributed by atoms with Gasteiger partial charge in [-0.15, -0.1) is 0 Å². The highest BCUT2D eigenvalue weighted by molar-refractivity contribution is 7.93. The molecular formula is C18H19NO5S. The predicted molar refractivity (Wildman–Crippen MR) is 93.1 cm³/mol. The van der Waals surface area contributed by atoms with Crippen LogP contribution in [-0.4, -0.2) is 32.6 Å². The fraction of sp³-hybridized carbons (Fsp3) is 0.278. The number of anilines is 1. The molecule has 1 heterocycles. The van der Waals surface area contributed by atoms with E-state index in [-0.39, 0.29) is 17.9 Å². The summed E-state index contributed by atoms with van der Waals surface area (Å²) in [5, 5.41) is 9.60. The van der Waals surface area contributed by atoms with E-state index in [0.29, 0.717) is 11.3 Å². The number of carbonyl (C=O) groups is 1. The fourth-order valence-electron chi connectivity index (χ4n) is 3.22. The standard InChI is InChI=1S/C18H19NO5S/c1-12-6-5-8-15-14(12)10-16(18(20)21)19(15)25(22,23)17-9-4-3-7-13(17)11-24-2/h3-9,16H,10-11H2,1-2H3,(H,20,21). The van der Waals surface area contributed by atoms with E-state index in [2.05, 4.69) is 0 Å². The zero-order valence-electron chi connectivity index (χ0n) is 14.0. The van der Waals surface area contributed by atoms with Crippen molar-refractivity contribution in [3.05, 3.63) is 59.2 Å². The first-order valence-corrected chi connectivity index (χ1v) is 9.24. The molecule has 0 bridgehead atoms. The van der Waals surface area contributed by atoms with Crippen LogP contribution in [0.3, 0.4) is 0 Å². The summed E-state index contributed by atoms with van der Waals surface area (Å²) < 4.78 is 32.8. The molecule has 0 fully saturated rings. The Morgan fingerprint density at radius 2 is 1.96 bits per heavy atom. The molecule has 0 aliphatic carbocycles. The number of nitrogens with zero attached hydrogens (tertiary/aromatic N) is 1. The summed E-state index contributed by atoms with van der Waals surface area (Å²) in [5.41, 5.74) is 2.56. The number of methoxy groups -OCH3 is 1. The maximum Gasteiger partial charge on any atom is 0.327 e. The van der Waals surface area contributed by atoms with Crippen molar-refractivity contribution in [3.8, 4) is 0 Å². The van der Waals surface area contributed by atoms with Gasteiger partial charge in [0.05, 0.1) is 17.2 Å². The molecule has 25 heavy (non-hydrogen) atoms. The van der Waals surface area contributed by atoms with Gasteiger partial charge in [-0.05, 0) is 35.7 Å². The molecule has 3 rings (SSSR count). The first-order chi connectivity index (χ1) is 11.9. The van der Waals surface area contributed by atoms with Gasteiger partial charge in [-0.3, -0.25) is 4.31 Å². The van der Waals surface area contributed by atoms with E-state index in [1.807, 2.05) is 13.0 Å². The summed E-state index contributed by atoms with van der Waals surface area (Å²) in [4.78, 5) is 11.8. The Hall–Kier alpha value is -2.38. The van der Waals surface area contributed by atoms with Gasteiger partial charge < -0.3 is 9.84 Å². The van der Waals surface area contributed by atoms with E-state index >= 15 is 0 Å². The van der Waals surface area contributed by atoms with Crippen LogP contribution in [-0.2, 0) is 32.6 Å². The lowest BCUT2D eigenvalue weighted by Gasteiger charge is -2.25. The molecule has 7 heteroatoms. The first-order valence-electron chi connectivity index (χ1n) is 7.80. The molecule has 1 unspecified atom stereocenters. The molecule has 1 aliphatic rings. The van der Waals surface area contributed by atoms with E-state index in [1.54, 1.807) is 30.3 Å². The van der Waals surface area contributed by atoms with E-state index in [0.717, 1.165) is 15.4 Å². The number of rotatable bonds is 5. The Kier molecular flexibility index (Phi) is 4.53. The number of hydrogen-bond acceptors (Lipinski definition) is 4. The third kappa shape index (κ3) is 2.89. The SMILES string of the molecule is COCc1ccccc1S(=O)(=O)N1c2cccc(C)c2CC1C(=O)O. The number of aryl methyl sites for hydroxylation is 1. The second-order valence-corrected chi connectivity index (χ2v) is 7.76. The molecule has 1 atom stereocenters. The normalized spacial score (nSPS) is 16.7. The van der Waals surface area contributed by atoms with Crippen molar-refractivity contribution < 1.29 is 23.1 Å². The lowest BCUT2D eigenvalue weighted by atomic mass is 10.0. The van der Waals surface area contributed by atoms with Crippen LogP contribution in [0.25, 0.3) is 0 Å². The average molecular weight is 361 g/mol. The van der Waals surface area contributed by atoms with Crippen molar-refractivity contribution in [2.24, 2.45) is 0 Å². The topological polar surface area (TPSA) is 83.9 Å². The molecule has 1 N–H and O–H groups in total. The van der Waals surface area contributed by atoms with Gasteiger partial charge in [-0.25, -0.2) is 13.2 Å². The molecule has 2 aromatic carbocycles. The van der Waals surface area contributed by atoms with Crippen molar-refractivity contribution >= 4 is 21.7 Å². The van der Waals surface area contributed by atoms with Crippen LogP contribution >= 0.6 is 0 Å². The summed E-state index contributed by atoms with van der Waals surface area (Å²) in [6.45, 7) is 1.98. The van der Waals surface area contributed by atoms with Crippen molar-refractivity contribution in [2.45, 2.75) is 30.9 Å². The lowest BCUT2D eigenvalue weighted by Crippen LogP contribution is -2.43. The summed E-state index contributed by atoms with van der Waals surface area (Å²) >= 11 is 0. The van der Waals surface area contributed by atoms with Crippen molar-refractivity contribution in [3.63, 3.8) is 0 Å². The highest BCUT2D eigenvalue weighted by Gasteiger charge is 2.43. The van der Waals surface area contributed by atoms with Crippen LogP contribution in [0, 0.1) is 6.92 Å². The summed E-state index contributed by atoms with van der Waals surface area (Å²) in [6.07, 6.45) is 0.156. The van der Waals surface area contributed by atoms with E-state index in [9.17, 15) is 18.3 Å². The number of sulfonamides is 1. The molecule has 0 amide bonds. The van der Waals surface area contributed by atoms with Crippen LogP contribution in [0.4, 0.5) is 5.69 Å². The predicted octanol–water partition coefficient (Wildman–Crippen LogP) is 2.35. The Bertz CT molecular complexity index is 923. The van der Waals surface area contributed by atoms with Crippen LogP contribution in [0.15, 0.2) is 47.4 Å². The van der Waals surface area contributed by atoms with E-state index in [4.69, 9.17) is 4.74 Å². The molecule has 6 nitrogen and oxygen atoms in total. The summed E-state index contributed by atoms with van der Waals surface area (Å²) in [5.74, 6) is -1.16. The summed E-state index contributed by atoms with van der Waals surface area (Å²) in [6, 6.07) is 10.6. The van der Waals surface area contributed by atoms with E-state index in [1.165, 1.54) is 13.2 Å². The number of hydrogen-bond donors (Lipinski definition) is 1. The Balaban J connectivity index is 2.19. The zero-order chi connectivity index (χ0) is 18.2. The van der Waals surface area contributed by atoms with Crippen LogP contribution in [0.5, 0.6) is 0 Å². The number of ether oxygens (including phenoxy) is 1. The smallest absolute Gasteiger partial charge is 0.327 e. The molecule has 0 spiro atoms.